The molecule has 1 unspecified atom stereocenters. The van der Waals surface area contributed by atoms with Gasteiger partial charge in [0.05, 0.1) is 6.54 Å². The maximum atomic E-state index is 12.4. The van der Waals surface area contributed by atoms with Gasteiger partial charge < -0.3 is 5.11 Å². The van der Waals surface area contributed by atoms with Gasteiger partial charge in [-0.2, -0.15) is 13.2 Å². The van der Waals surface area contributed by atoms with Crippen LogP contribution in [0.2, 0.25) is 0 Å². The van der Waals surface area contributed by atoms with Gasteiger partial charge in [-0.1, -0.05) is 17.7 Å². The van der Waals surface area contributed by atoms with Crippen molar-refractivity contribution in [2.24, 2.45) is 0 Å². The number of halogens is 3. The molecule has 0 fully saturated rings. The van der Waals surface area contributed by atoms with Crippen LogP contribution in [0.25, 0.3) is 0 Å². The summed E-state index contributed by atoms with van der Waals surface area (Å²) in [6, 6.07) is 3.53. The molecule has 0 radical (unpaired) electrons. The van der Waals surface area contributed by atoms with Gasteiger partial charge in [-0.3, -0.25) is 5.32 Å². The Bertz CT molecular complexity index is 503. The molecule has 0 aliphatic heterocycles. The first-order valence-electron chi connectivity index (χ1n) is 6.11. The summed E-state index contributed by atoms with van der Waals surface area (Å²) in [5, 5.41) is 11.5. The predicted octanol–water partition coefficient (Wildman–Crippen LogP) is 3.06. The molecule has 2 N–H and O–H groups in total. The molecular weight excluding hydrogens is 271 g/mol. The number of rotatable bonds is 4. The SMILES string of the molecule is Cc1cc(C)c(C(C)(NCC(F)(F)F)C(=O)O)c(C)c1. The van der Waals surface area contributed by atoms with Crippen molar-refractivity contribution in [1.29, 1.82) is 0 Å². The average Bonchev–Trinajstić information content (AvgIpc) is 2.23. The number of aliphatic carboxylic acids is 1. The highest BCUT2D eigenvalue weighted by Gasteiger charge is 2.41. The first-order chi connectivity index (χ1) is 8.97. The molecule has 0 spiro atoms. The molecule has 3 nitrogen and oxygen atoms in total. The summed E-state index contributed by atoms with van der Waals surface area (Å²) in [6.45, 7) is 5.15. The molecule has 0 bridgehead atoms. The molecule has 0 aromatic heterocycles. The molecule has 1 atom stereocenters. The number of carbonyl (C=O) groups is 1. The second-order valence-corrected chi connectivity index (χ2v) is 5.17. The predicted molar refractivity (Wildman–Crippen MR) is 69.7 cm³/mol. The van der Waals surface area contributed by atoms with Gasteiger partial charge in [-0.05, 0) is 44.4 Å². The largest absolute Gasteiger partial charge is 0.480 e. The number of benzene rings is 1. The molecule has 20 heavy (non-hydrogen) atoms. The molecule has 0 saturated carbocycles. The molecule has 0 aliphatic carbocycles. The van der Waals surface area contributed by atoms with Crippen LogP contribution in [0.15, 0.2) is 12.1 Å². The Morgan fingerprint density at radius 2 is 1.65 bits per heavy atom. The summed E-state index contributed by atoms with van der Waals surface area (Å²) >= 11 is 0. The van der Waals surface area contributed by atoms with Crippen LogP contribution in [-0.2, 0) is 10.3 Å². The van der Waals surface area contributed by atoms with Crippen LogP contribution in [0.4, 0.5) is 13.2 Å². The van der Waals surface area contributed by atoms with E-state index in [1.54, 1.807) is 26.0 Å². The van der Waals surface area contributed by atoms with Crippen LogP contribution in [0.3, 0.4) is 0 Å². The smallest absolute Gasteiger partial charge is 0.401 e. The highest BCUT2D eigenvalue weighted by atomic mass is 19.4. The third-order valence-corrected chi connectivity index (χ3v) is 3.25. The lowest BCUT2D eigenvalue weighted by molar-refractivity contribution is -0.150. The molecule has 0 saturated heterocycles. The van der Waals surface area contributed by atoms with E-state index in [4.69, 9.17) is 0 Å². The van der Waals surface area contributed by atoms with Gasteiger partial charge in [0.15, 0.2) is 0 Å². The quantitative estimate of drug-likeness (QED) is 0.895. The van der Waals surface area contributed by atoms with Crippen molar-refractivity contribution in [1.82, 2.24) is 5.32 Å². The lowest BCUT2D eigenvalue weighted by Gasteiger charge is -2.30. The highest BCUT2D eigenvalue weighted by Crippen LogP contribution is 2.30. The Morgan fingerprint density at radius 3 is 2.00 bits per heavy atom. The second-order valence-electron chi connectivity index (χ2n) is 5.17. The molecule has 112 valence electrons. The Balaban J connectivity index is 3.30. The van der Waals surface area contributed by atoms with E-state index in [9.17, 15) is 23.1 Å². The van der Waals surface area contributed by atoms with Crippen LogP contribution in [0.5, 0.6) is 0 Å². The van der Waals surface area contributed by atoms with Gasteiger partial charge in [0.25, 0.3) is 0 Å². The number of alkyl halides is 3. The molecular formula is C14H18F3NO2. The monoisotopic (exact) mass is 289 g/mol. The number of carboxylic acid groups (broad SMARTS) is 1. The zero-order chi connectivity index (χ0) is 15.7. The lowest BCUT2D eigenvalue weighted by Crippen LogP contribution is -2.50. The molecule has 1 aromatic carbocycles. The fraction of sp³-hybridized carbons (Fsp3) is 0.500. The van der Waals surface area contributed by atoms with Gasteiger partial charge in [-0.15, -0.1) is 0 Å². The first kappa shape index (κ1) is 16.5. The Hall–Kier alpha value is -1.56. The van der Waals surface area contributed by atoms with Crippen LogP contribution in [0, 0.1) is 20.8 Å². The molecule has 6 heteroatoms. The van der Waals surface area contributed by atoms with Gasteiger partial charge in [-0.25, -0.2) is 4.79 Å². The molecule has 1 aromatic rings. The standard InChI is InChI=1S/C14H18F3NO2/c1-8-5-9(2)11(10(3)6-8)13(4,12(19)20)18-7-14(15,16)17/h5-6,18H,7H2,1-4H3,(H,19,20). The fourth-order valence-corrected chi connectivity index (χ4v) is 2.52. The van der Waals surface area contributed by atoms with Crippen molar-refractivity contribution in [3.8, 4) is 0 Å². The van der Waals surface area contributed by atoms with E-state index < -0.39 is 24.2 Å². The van der Waals surface area contributed by atoms with Crippen LogP contribution in [-0.4, -0.2) is 23.8 Å². The number of hydrogen-bond donors (Lipinski definition) is 2. The van der Waals surface area contributed by atoms with E-state index in [0.717, 1.165) is 5.56 Å². The van der Waals surface area contributed by atoms with Crippen molar-refractivity contribution < 1.29 is 23.1 Å². The molecule has 1 rings (SSSR count). The molecule has 0 amide bonds. The Kier molecular flexibility index (Phi) is 4.49. The Labute approximate surface area is 115 Å². The summed E-state index contributed by atoms with van der Waals surface area (Å²) < 4.78 is 37.1. The minimum Gasteiger partial charge on any atom is -0.480 e. The van der Waals surface area contributed by atoms with Crippen molar-refractivity contribution in [2.75, 3.05) is 6.54 Å². The maximum Gasteiger partial charge on any atom is 0.401 e. The first-order valence-corrected chi connectivity index (χ1v) is 6.11. The lowest BCUT2D eigenvalue weighted by atomic mass is 9.84. The number of aryl methyl sites for hydroxylation is 3. The normalized spacial score (nSPS) is 14.9. The van der Waals surface area contributed by atoms with E-state index in [1.807, 2.05) is 6.92 Å². The van der Waals surface area contributed by atoms with Gasteiger partial charge in [0.2, 0.25) is 0 Å². The number of nitrogens with one attached hydrogen (secondary N) is 1. The summed E-state index contributed by atoms with van der Waals surface area (Å²) in [5.74, 6) is -1.34. The van der Waals surface area contributed by atoms with Crippen LogP contribution < -0.4 is 5.32 Å². The second kappa shape index (κ2) is 5.44. The summed E-state index contributed by atoms with van der Waals surface area (Å²) in [7, 11) is 0. The van der Waals surface area contributed by atoms with Crippen molar-refractivity contribution >= 4 is 5.97 Å². The van der Waals surface area contributed by atoms with Crippen molar-refractivity contribution in [3.63, 3.8) is 0 Å². The minimum absolute atomic E-state index is 0.375. The van der Waals surface area contributed by atoms with Crippen LogP contribution in [0.1, 0.15) is 29.2 Å². The third kappa shape index (κ3) is 3.50. The highest BCUT2D eigenvalue weighted by molar-refractivity contribution is 5.81. The zero-order valence-corrected chi connectivity index (χ0v) is 11.9. The average molecular weight is 289 g/mol. The summed E-state index contributed by atoms with van der Waals surface area (Å²) in [5.41, 5.74) is 0.841. The number of carboxylic acids is 1. The number of hydrogen-bond acceptors (Lipinski definition) is 2. The summed E-state index contributed by atoms with van der Waals surface area (Å²) in [4.78, 5) is 11.5. The van der Waals surface area contributed by atoms with Gasteiger partial charge >= 0.3 is 12.1 Å². The van der Waals surface area contributed by atoms with Crippen molar-refractivity contribution in [2.45, 2.75) is 39.4 Å². The third-order valence-electron chi connectivity index (χ3n) is 3.25. The fourth-order valence-electron chi connectivity index (χ4n) is 2.52. The minimum atomic E-state index is -4.47. The molecule has 0 heterocycles. The molecule has 0 aliphatic rings. The van der Waals surface area contributed by atoms with Crippen LogP contribution >= 0.6 is 0 Å². The van der Waals surface area contributed by atoms with E-state index in [0.29, 0.717) is 16.7 Å². The van der Waals surface area contributed by atoms with E-state index in [-0.39, 0.29) is 0 Å². The summed E-state index contributed by atoms with van der Waals surface area (Å²) in [6.07, 6.45) is -4.47. The Morgan fingerprint density at radius 1 is 1.20 bits per heavy atom. The van der Waals surface area contributed by atoms with Crippen molar-refractivity contribution in [3.05, 3.63) is 34.4 Å². The van der Waals surface area contributed by atoms with Gasteiger partial charge in [0, 0.05) is 0 Å². The van der Waals surface area contributed by atoms with E-state index in [2.05, 4.69) is 5.32 Å². The van der Waals surface area contributed by atoms with E-state index >= 15 is 0 Å². The topological polar surface area (TPSA) is 49.3 Å². The van der Waals surface area contributed by atoms with E-state index in [1.165, 1.54) is 6.92 Å². The maximum absolute atomic E-state index is 12.4. The van der Waals surface area contributed by atoms with Gasteiger partial charge in [0.1, 0.15) is 5.54 Å². The zero-order valence-electron chi connectivity index (χ0n) is 11.9.